The lowest BCUT2D eigenvalue weighted by Gasteiger charge is -2.41. The molecule has 1 fully saturated rings. The average molecular weight is 475 g/mol. The largest absolute Gasteiger partial charge is 0.335 e. The maximum Gasteiger partial charge on any atom is 0.319 e. The summed E-state index contributed by atoms with van der Waals surface area (Å²) in [7, 11) is 0. The number of hydrogen-bond donors (Lipinski definition) is 2. The predicted molar refractivity (Wildman–Crippen MR) is 124 cm³/mol. The minimum atomic E-state index is -0.812. The van der Waals surface area contributed by atoms with Crippen LogP contribution in [0, 0.1) is 11.6 Å². The van der Waals surface area contributed by atoms with Crippen LogP contribution in [0.2, 0.25) is 10.0 Å². The highest BCUT2D eigenvalue weighted by Crippen LogP contribution is 2.45. The molecule has 7 heteroatoms. The van der Waals surface area contributed by atoms with E-state index >= 15 is 0 Å². The normalized spacial score (nSPS) is 15.9. The van der Waals surface area contributed by atoms with E-state index in [0.717, 1.165) is 37.8 Å². The summed E-state index contributed by atoms with van der Waals surface area (Å²) in [5, 5.41) is 6.74. The van der Waals surface area contributed by atoms with Crippen LogP contribution in [0.1, 0.15) is 36.8 Å². The fraction of sp³-hybridized carbons (Fsp3) is 0.240. The molecule has 2 N–H and O–H groups in total. The van der Waals surface area contributed by atoms with Crippen molar-refractivity contribution >= 4 is 34.9 Å². The Hall–Kier alpha value is -2.63. The maximum atomic E-state index is 13.8. The molecule has 3 aromatic rings. The minimum absolute atomic E-state index is 0.0589. The van der Waals surface area contributed by atoms with Crippen LogP contribution in [-0.4, -0.2) is 12.1 Å². The minimum Gasteiger partial charge on any atom is -0.335 e. The van der Waals surface area contributed by atoms with Crippen molar-refractivity contribution in [3.63, 3.8) is 0 Å². The Bertz CT molecular complexity index is 1050. The van der Waals surface area contributed by atoms with Crippen LogP contribution in [0.25, 0.3) is 0 Å². The number of carbonyl (C=O) groups excluding carboxylic acids is 1. The molecule has 2 amide bonds. The number of hydrogen-bond acceptors (Lipinski definition) is 1. The van der Waals surface area contributed by atoms with Crippen molar-refractivity contribution in [2.75, 3.05) is 5.32 Å². The van der Waals surface area contributed by atoms with Crippen molar-refractivity contribution in [1.29, 1.82) is 0 Å². The van der Waals surface area contributed by atoms with Gasteiger partial charge in [-0.15, -0.1) is 0 Å². The lowest BCUT2D eigenvalue weighted by atomic mass is 9.64. The van der Waals surface area contributed by atoms with Gasteiger partial charge in [0.05, 0.1) is 5.69 Å². The van der Waals surface area contributed by atoms with Gasteiger partial charge in [0.25, 0.3) is 0 Å². The molecule has 0 heterocycles. The van der Waals surface area contributed by atoms with E-state index < -0.39 is 17.7 Å². The highest BCUT2D eigenvalue weighted by molar-refractivity contribution is 6.30. The molecule has 166 valence electrons. The van der Waals surface area contributed by atoms with Gasteiger partial charge in [-0.25, -0.2) is 13.6 Å². The number of carbonyl (C=O) groups is 1. The van der Waals surface area contributed by atoms with Crippen LogP contribution in [0.5, 0.6) is 0 Å². The molecule has 0 radical (unpaired) electrons. The number of amides is 2. The fourth-order valence-electron chi connectivity index (χ4n) is 4.47. The topological polar surface area (TPSA) is 41.1 Å². The van der Waals surface area contributed by atoms with E-state index in [4.69, 9.17) is 23.2 Å². The van der Waals surface area contributed by atoms with Gasteiger partial charge in [-0.2, -0.15) is 0 Å². The van der Waals surface area contributed by atoms with Gasteiger partial charge in [-0.05, 0) is 73.2 Å². The van der Waals surface area contributed by atoms with Crippen LogP contribution < -0.4 is 10.6 Å². The highest BCUT2D eigenvalue weighted by Gasteiger charge is 2.38. The second-order valence-corrected chi connectivity index (χ2v) is 8.97. The lowest BCUT2D eigenvalue weighted by Crippen LogP contribution is -2.44. The first-order valence-electron chi connectivity index (χ1n) is 10.4. The van der Waals surface area contributed by atoms with Gasteiger partial charge < -0.3 is 10.6 Å². The summed E-state index contributed by atoms with van der Waals surface area (Å²) in [5.41, 5.74) is 2.06. The van der Waals surface area contributed by atoms with E-state index in [-0.39, 0.29) is 17.1 Å². The highest BCUT2D eigenvalue weighted by atomic mass is 35.5. The first kappa shape index (κ1) is 22.6. The van der Waals surface area contributed by atoms with Crippen molar-refractivity contribution in [3.8, 4) is 0 Å². The van der Waals surface area contributed by atoms with Crippen molar-refractivity contribution in [1.82, 2.24) is 5.32 Å². The molecule has 32 heavy (non-hydrogen) atoms. The summed E-state index contributed by atoms with van der Waals surface area (Å²) in [6, 6.07) is 18.2. The Labute approximate surface area is 195 Å². The molecule has 0 aromatic heterocycles. The molecular formula is C25H22Cl2F2N2O. The Morgan fingerprint density at radius 2 is 1.38 bits per heavy atom. The predicted octanol–water partition coefficient (Wildman–Crippen LogP) is 7.32. The van der Waals surface area contributed by atoms with E-state index in [1.54, 1.807) is 0 Å². The zero-order valence-corrected chi connectivity index (χ0v) is 18.7. The standard InChI is InChI=1S/C25H22Cl2F2N2O/c26-18-5-1-16(2-6-18)25(17-3-7-19(27)8-4-17)13-11-21(12-14-25)30-24(32)31-23-10-9-20(28)15-22(23)29/h1-10,15,21H,11-14H2,(H2,30,31,32). The van der Waals surface area contributed by atoms with Gasteiger partial charge in [0.15, 0.2) is 0 Å². The summed E-state index contributed by atoms with van der Waals surface area (Å²) >= 11 is 12.2. The molecule has 0 atom stereocenters. The summed E-state index contributed by atoms with van der Waals surface area (Å²) in [4.78, 5) is 12.4. The van der Waals surface area contributed by atoms with Crippen molar-refractivity contribution in [2.45, 2.75) is 37.1 Å². The van der Waals surface area contributed by atoms with Crippen LogP contribution >= 0.6 is 23.2 Å². The molecule has 3 nitrogen and oxygen atoms in total. The summed E-state index contributed by atoms with van der Waals surface area (Å²) in [5.74, 6) is -1.50. The molecule has 0 bridgehead atoms. The fourth-order valence-corrected chi connectivity index (χ4v) is 4.72. The van der Waals surface area contributed by atoms with Crippen molar-refractivity contribution < 1.29 is 13.6 Å². The molecule has 0 spiro atoms. The third-order valence-corrected chi connectivity index (χ3v) is 6.65. The zero-order chi connectivity index (χ0) is 22.7. The second-order valence-electron chi connectivity index (χ2n) is 8.09. The van der Waals surface area contributed by atoms with Gasteiger partial charge in [0, 0.05) is 27.6 Å². The first-order valence-corrected chi connectivity index (χ1v) is 11.2. The Morgan fingerprint density at radius 3 is 1.88 bits per heavy atom. The third kappa shape index (κ3) is 4.89. The molecule has 1 saturated carbocycles. The van der Waals surface area contributed by atoms with E-state index in [2.05, 4.69) is 34.9 Å². The summed E-state index contributed by atoms with van der Waals surface area (Å²) in [6.45, 7) is 0. The second kappa shape index (κ2) is 9.47. The van der Waals surface area contributed by atoms with Crippen LogP contribution in [-0.2, 0) is 5.41 Å². The number of rotatable bonds is 4. The Morgan fingerprint density at radius 1 is 0.844 bits per heavy atom. The van der Waals surface area contributed by atoms with Crippen molar-refractivity contribution in [2.24, 2.45) is 0 Å². The quantitative estimate of drug-likeness (QED) is 0.408. The van der Waals surface area contributed by atoms with Crippen LogP contribution in [0.15, 0.2) is 66.7 Å². The van der Waals surface area contributed by atoms with E-state index in [1.807, 2.05) is 24.3 Å². The average Bonchev–Trinajstić information content (AvgIpc) is 2.77. The van der Waals surface area contributed by atoms with E-state index in [0.29, 0.717) is 10.0 Å². The van der Waals surface area contributed by atoms with Crippen molar-refractivity contribution in [3.05, 3.63) is 99.5 Å². The number of urea groups is 1. The summed E-state index contributed by atoms with van der Waals surface area (Å²) in [6.07, 6.45) is 3.10. The molecule has 0 aliphatic heterocycles. The third-order valence-electron chi connectivity index (χ3n) is 6.15. The molecule has 3 aromatic carbocycles. The van der Waals surface area contributed by atoms with E-state index in [9.17, 15) is 13.6 Å². The number of halogens is 4. The smallest absolute Gasteiger partial charge is 0.319 e. The molecule has 1 aliphatic carbocycles. The van der Waals surface area contributed by atoms with Gasteiger partial charge in [0.2, 0.25) is 0 Å². The molecule has 0 saturated heterocycles. The molecule has 0 unspecified atom stereocenters. The molecule has 1 aliphatic rings. The number of anilines is 1. The SMILES string of the molecule is O=C(Nc1ccc(F)cc1F)NC1CCC(c2ccc(Cl)cc2)(c2ccc(Cl)cc2)CC1. The number of benzene rings is 3. The van der Waals surface area contributed by atoms with Crippen LogP contribution in [0.3, 0.4) is 0 Å². The number of nitrogens with one attached hydrogen (secondary N) is 2. The van der Waals surface area contributed by atoms with Gasteiger partial charge in [0.1, 0.15) is 11.6 Å². The van der Waals surface area contributed by atoms with Crippen LogP contribution in [0.4, 0.5) is 19.3 Å². The van der Waals surface area contributed by atoms with Gasteiger partial charge in [-0.3, -0.25) is 0 Å². The van der Waals surface area contributed by atoms with Gasteiger partial charge in [-0.1, -0.05) is 47.5 Å². The van der Waals surface area contributed by atoms with E-state index in [1.165, 1.54) is 17.2 Å². The zero-order valence-electron chi connectivity index (χ0n) is 17.2. The maximum absolute atomic E-state index is 13.8. The van der Waals surface area contributed by atoms with Gasteiger partial charge >= 0.3 is 6.03 Å². The molecule has 4 rings (SSSR count). The first-order chi connectivity index (χ1) is 15.4. The Kier molecular flexibility index (Phi) is 6.68. The lowest BCUT2D eigenvalue weighted by molar-refractivity contribution is 0.236. The molecular weight excluding hydrogens is 453 g/mol. The Balaban J connectivity index is 1.48. The monoisotopic (exact) mass is 474 g/mol. The summed E-state index contributed by atoms with van der Waals surface area (Å²) < 4.78 is 26.9.